The zero-order valence-corrected chi connectivity index (χ0v) is 21.9. The number of likely N-dealkylation sites (tertiary alicyclic amines) is 1. The van der Waals surface area contributed by atoms with Gasteiger partial charge in [-0.2, -0.15) is 0 Å². The number of rotatable bonds is 10. The van der Waals surface area contributed by atoms with Crippen molar-refractivity contribution in [3.63, 3.8) is 0 Å². The van der Waals surface area contributed by atoms with Crippen molar-refractivity contribution < 1.29 is 23.9 Å². The molecule has 0 atom stereocenters. The average Bonchev–Trinajstić information content (AvgIpc) is 2.90. The van der Waals surface area contributed by atoms with Crippen molar-refractivity contribution in [2.75, 3.05) is 59.0 Å². The Bertz CT molecular complexity index is 834. The lowest BCUT2D eigenvalue weighted by Gasteiger charge is -2.44. The molecule has 0 bridgehead atoms. The van der Waals surface area contributed by atoms with E-state index in [2.05, 4.69) is 29.3 Å². The summed E-state index contributed by atoms with van der Waals surface area (Å²) in [5, 5.41) is 3.35. The van der Waals surface area contributed by atoms with Crippen LogP contribution in [-0.4, -0.2) is 91.8 Å². The first kappa shape index (κ1) is 27.8. The number of urea groups is 1. The number of piperazine rings is 1. The van der Waals surface area contributed by atoms with Crippen LogP contribution >= 0.6 is 0 Å². The second-order valence-corrected chi connectivity index (χ2v) is 9.57. The first-order valence-electron chi connectivity index (χ1n) is 13.4. The van der Waals surface area contributed by atoms with Crippen molar-refractivity contribution in [3.8, 4) is 0 Å². The highest BCUT2D eigenvalue weighted by atomic mass is 16.6. The van der Waals surface area contributed by atoms with Gasteiger partial charge in [-0.3, -0.25) is 9.69 Å². The van der Waals surface area contributed by atoms with Crippen LogP contribution in [0, 0.1) is 0 Å². The normalized spacial score (nSPS) is 17.9. The summed E-state index contributed by atoms with van der Waals surface area (Å²) in [6.45, 7) is 9.50. The van der Waals surface area contributed by atoms with Gasteiger partial charge in [0.05, 0.1) is 18.8 Å². The fraction of sp³-hybridized carbons (Fsp3) is 0.667. The van der Waals surface area contributed by atoms with E-state index in [0.29, 0.717) is 58.7 Å². The second-order valence-electron chi connectivity index (χ2n) is 9.57. The van der Waals surface area contributed by atoms with Crippen LogP contribution in [0.1, 0.15) is 57.9 Å². The number of carbonyl (C=O) groups excluding carboxylic acids is 3. The van der Waals surface area contributed by atoms with Gasteiger partial charge in [0.15, 0.2) is 0 Å². The fourth-order valence-corrected chi connectivity index (χ4v) is 4.85. The maximum Gasteiger partial charge on any atom is 0.409 e. The van der Waals surface area contributed by atoms with Gasteiger partial charge in [0.25, 0.3) is 0 Å². The quantitative estimate of drug-likeness (QED) is 0.388. The van der Waals surface area contributed by atoms with Crippen molar-refractivity contribution >= 4 is 18.1 Å². The summed E-state index contributed by atoms with van der Waals surface area (Å²) in [4.78, 5) is 43.2. The van der Waals surface area contributed by atoms with Gasteiger partial charge in [0.1, 0.15) is 0 Å². The highest BCUT2D eigenvalue weighted by Crippen LogP contribution is 2.33. The Balaban J connectivity index is 1.53. The van der Waals surface area contributed by atoms with Gasteiger partial charge in [-0.25, -0.2) is 9.59 Å². The summed E-state index contributed by atoms with van der Waals surface area (Å²) in [6, 6.07) is 9.99. The first-order chi connectivity index (χ1) is 17.5. The Hall–Kier alpha value is -2.81. The molecular formula is C27H42N4O5. The van der Waals surface area contributed by atoms with Crippen LogP contribution < -0.4 is 5.32 Å². The number of nitrogens with one attached hydrogen (secondary N) is 1. The minimum Gasteiger partial charge on any atom is -0.466 e. The minimum atomic E-state index is -0.519. The molecule has 0 radical (unpaired) electrons. The number of benzene rings is 1. The molecule has 3 amide bonds. The third-order valence-electron chi connectivity index (χ3n) is 7.09. The van der Waals surface area contributed by atoms with Crippen LogP contribution in [0.25, 0.3) is 0 Å². The van der Waals surface area contributed by atoms with Gasteiger partial charge < -0.3 is 24.6 Å². The van der Waals surface area contributed by atoms with Crippen molar-refractivity contribution in [1.29, 1.82) is 0 Å². The Morgan fingerprint density at radius 2 is 1.58 bits per heavy atom. The average molecular weight is 503 g/mol. The van der Waals surface area contributed by atoms with E-state index < -0.39 is 5.54 Å². The number of ether oxygens (including phenoxy) is 2. The van der Waals surface area contributed by atoms with Gasteiger partial charge in [-0.1, -0.05) is 43.7 Å². The molecule has 36 heavy (non-hydrogen) atoms. The molecule has 9 nitrogen and oxygen atoms in total. The number of unbranched alkanes of at least 4 members (excludes halogenated alkanes) is 1. The van der Waals surface area contributed by atoms with Crippen LogP contribution in [0.15, 0.2) is 30.3 Å². The Labute approximate surface area is 215 Å². The lowest BCUT2D eigenvalue weighted by Crippen LogP contribution is -2.59. The lowest BCUT2D eigenvalue weighted by atomic mass is 9.81. The number of hydrogen-bond donors (Lipinski definition) is 1. The third-order valence-corrected chi connectivity index (χ3v) is 7.09. The van der Waals surface area contributed by atoms with Crippen LogP contribution in [0.4, 0.5) is 9.59 Å². The van der Waals surface area contributed by atoms with Crippen LogP contribution in [0.5, 0.6) is 0 Å². The molecule has 0 saturated carbocycles. The molecule has 3 rings (SSSR count). The number of piperidine rings is 1. The highest BCUT2D eigenvalue weighted by Gasteiger charge is 2.40. The van der Waals surface area contributed by atoms with Crippen LogP contribution in [-0.2, 0) is 19.8 Å². The Morgan fingerprint density at radius 1 is 0.889 bits per heavy atom. The smallest absolute Gasteiger partial charge is 0.409 e. The standard InChI is InChI=1S/C27H42N4O5/c1-3-5-22-36-26(34)31-16-13-27(14-17-31,23-10-7-6-8-11-23)28-25(33)30-20-18-29(19-21-30)15-9-12-24(32)35-4-2/h6-8,10-11H,3-5,9,12-22H2,1-2H3,(H,28,33). The van der Waals surface area contributed by atoms with Gasteiger partial charge in [0, 0.05) is 45.7 Å². The molecule has 2 heterocycles. The molecular weight excluding hydrogens is 460 g/mol. The molecule has 1 aromatic rings. The molecule has 1 aromatic carbocycles. The van der Waals surface area contributed by atoms with Gasteiger partial charge >= 0.3 is 18.1 Å². The van der Waals surface area contributed by atoms with Crippen LogP contribution in [0.3, 0.4) is 0 Å². The van der Waals surface area contributed by atoms with E-state index in [4.69, 9.17) is 9.47 Å². The maximum absolute atomic E-state index is 13.3. The summed E-state index contributed by atoms with van der Waals surface area (Å²) in [6.07, 6.45) is 4.05. The minimum absolute atomic E-state index is 0.0657. The number of carbonyl (C=O) groups is 3. The highest BCUT2D eigenvalue weighted by molar-refractivity contribution is 5.76. The molecule has 2 fully saturated rings. The fourth-order valence-electron chi connectivity index (χ4n) is 4.85. The SMILES string of the molecule is CCCCOC(=O)N1CCC(NC(=O)N2CCN(CCCC(=O)OCC)CC2)(c2ccccc2)CC1. The topological polar surface area (TPSA) is 91.4 Å². The number of esters is 1. The summed E-state index contributed by atoms with van der Waals surface area (Å²) >= 11 is 0. The number of amides is 3. The zero-order chi connectivity index (χ0) is 25.8. The zero-order valence-electron chi connectivity index (χ0n) is 21.9. The Kier molecular flexibility index (Phi) is 10.8. The second kappa shape index (κ2) is 14.1. The van der Waals surface area contributed by atoms with Crippen molar-refractivity contribution in [2.45, 2.75) is 57.9 Å². The lowest BCUT2D eigenvalue weighted by molar-refractivity contribution is -0.143. The van der Waals surface area contributed by atoms with Crippen molar-refractivity contribution in [1.82, 2.24) is 20.0 Å². The summed E-state index contributed by atoms with van der Waals surface area (Å²) in [7, 11) is 0. The molecule has 0 unspecified atom stereocenters. The predicted molar refractivity (Wildman–Crippen MR) is 138 cm³/mol. The molecule has 2 saturated heterocycles. The maximum atomic E-state index is 13.3. The van der Waals surface area contributed by atoms with Gasteiger partial charge in [-0.15, -0.1) is 0 Å². The monoisotopic (exact) mass is 502 g/mol. The number of hydrogen-bond acceptors (Lipinski definition) is 6. The summed E-state index contributed by atoms with van der Waals surface area (Å²) in [5.41, 5.74) is 0.546. The largest absolute Gasteiger partial charge is 0.466 e. The van der Waals surface area contributed by atoms with Crippen molar-refractivity contribution in [2.24, 2.45) is 0 Å². The van der Waals surface area contributed by atoms with E-state index in [-0.39, 0.29) is 18.1 Å². The van der Waals surface area contributed by atoms with E-state index >= 15 is 0 Å². The molecule has 0 spiro atoms. The number of nitrogens with zero attached hydrogens (tertiary/aromatic N) is 3. The molecule has 0 aromatic heterocycles. The van der Waals surface area contributed by atoms with Gasteiger partial charge in [0.2, 0.25) is 0 Å². The van der Waals surface area contributed by atoms with Crippen molar-refractivity contribution in [3.05, 3.63) is 35.9 Å². The molecule has 9 heteroatoms. The van der Waals surface area contributed by atoms with E-state index in [1.807, 2.05) is 30.0 Å². The van der Waals surface area contributed by atoms with E-state index in [1.165, 1.54) is 0 Å². The van der Waals surface area contributed by atoms with Crippen LogP contribution in [0.2, 0.25) is 0 Å². The van der Waals surface area contributed by atoms with Gasteiger partial charge in [-0.05, 0) is 44.7 Å². The van der Waals surface area contributed by atoms with E-state index in [9.17, 15) is 14.4 Å². The predicted octanol–water partition coefficient (Wildman–Crippen LogP) is 3.58. The third kappa shape index (κ3) is 7.85. The summed E-state index contributed by atoms with van der Waals surface area (Å²) < 4.78 is 10.4. The molecule has 0 aliphatic carbocycles. The molecule has 1 N–H and O–H groups in total. The van der Waals surface area contributed by atoms with E-state index in [0.717, 1.165) is 44.5 Å². The molecule has 200 valence electrons. The Morgan fingerprint density at radius 3 is 2.22 bits per heavy atom. The van der Waals surface area contributed by atoms with E-state index in [1.54, 1.807) is 4.90 Å². The molecule has 2 aliphatic heterocycles. The molecule has 2 aliphatic rings. The summed E-state index contributed by atoms with van der Waals surface area (Å²) in [5.74, 6) is -0.151. The first-order valence-corrected chi connectivity index (χ1v) is 13.4.